The van der Waals surface area contributed by atoms with Gasteiger partial charge in [-0.25, -0.2) is 0 Å². The van der Waals surface area contributed by atoms with Crippen LogP contribution in [0, 0.1) is 11.8 Å². The Kier molecular flexibility index (Phi) is 7.87. The summed E-state index contributed by atoms with van der Waals surface area (Å²) in [6, 6.07) is 0. The van der Waals surface area contributed by atoms with Crippen LogP contribution in [-0.2, 0) is 0 Å². The average Bonchev–Trinajstić information content (AvgIpc) is 1.98. The van der Waals surface area contributed by atoms with Crippen molar-refractivity contribution in [3.05, 3.63) is 0 Å². The van der Waals surface area contributed by atoms with Crippen molar-refractivity contribution < 1.29 is 0 Å². The molecule has 0 saturated carbocycles. The fourth-order valence-corrected chi connectivity index (χ4v) is 1.95. The molecule has 1 nitrogen and oxygen atoms in total. The van der Waals surface area contributed by atoms with Gasteiger partial charge in [0.2, 0.25) is 0 Å². The molecule has 0 fully saturated rings. The topological polar surface area (TPSA) is 3.24 Å². The maximum atomic E-state index is 2.59. The molecule has 0 aromatic heterocycles. The zero-order valence-corrected chi connectivity index (χ0v) is 10.7. The summed E-state index contributed by atoms with van der Waals surface area (Å²) >= 11 is 1.94. The van der Waals surface area contributed by atoms with Gasteiger partial charge in [-0.05, 0) is 18.1 Å². The van der Waals surface area contributed by atoms with Gasteiger partial charge in [-0.3, -0.25) is 0 Å². The molecule has 0 aromatic carbocycles. The third kappa shape index (κ3) is 8.63. The second kappa shape index (κ2) is 7.69. The minimum absolute atomic E-state index is 0.792. The molecule has 2 heteroatoms. The summed E-state index contributed by atoms with van der Waals surface area (Å²) in [5.41, 5.74) is 0. The van der Waals surface area contributed by atoms with Crippen LogP contribution in [0.3, 0.4) is 0 Å². The first-order valence-electron chi connectivity index (χ1n) is 5.27. The van der Waals surface area contributed by atoms with E-state index < -0.39 is 0 Å². The first-order chi connectivity index (χ1) is 6.06. The van der Waals surface area contributed by atoms with E-state index in [9.17, 15) is 0 Å². The fourth-order valence-electron chi connectivity index (χ4n) is 1.51. The van der Waals surface area contributed by atoms with E-state index in [2.05, 4.69) is 38.9 Å². The zero-order valence-electron chi connectivity index (χ0n) is 9.84. The van der Waals surface area contributed by atoms with Crippen molar-refractivity contribution >= 4 is 11.8 Å². The molecule has 0 spiro atoms. The molecule has 0 aliphatic rings. The monoisotopic (exact) mass is 203 g/mol. The first kappa shape index (κ1) is 13.3. The Hall–Kier alpha value is 0.310. The lowest BCUT2D eigenvalue weighted by Crippen LogP contribution is -2.33. The molecular formula is C11H25NS. The Balaban J connectivity index is 3.73. The predicted octanol–water partition coefficient (Wildman–Crippen LogP) is 2.96. The van der Waals surface area contributed by atoms with E-state index in [0.717, 1.165) is 11.8 Å². The van der Waals surface area contributed by atoms with Gasteiger partial charge in [0.15, 0.2) is 0 Å². The number of rotatable bonds is 7. The number of hydrogen-bond acceptors (Lipinski definition) is 2. The summed E-state index contributed by atoms with van der Waals surface area (Å²) in [6.07, 6.45) is 2.18. The molecule has 0 bridgehead atoms. The van der Waals surface area contributed by atoms with E-state index in [-0.39, 0.29) is 0 Å². The lowest BCUT2D eigenvalue weighted by molar-refractivity contribution is 0.232. The lowest BCUT2D eigenvalue weighted by atomic mass is 10.1. The molecule has 0 saturated heterocycles. The van der Waals surface area contributed by atoms with E-state index in [1.165, 1.54) is 25.4 Å². The van der Waals surface area contributed by atoms with Crippen LogP contribution >= 0.6 is 11.8 Å². The van der Waals surface area contributed by atoms with Gasteiger partial charge < -0.3 is 4.90 Å². The molecule has 0 amide bonds. The van der Waals surface area contributed by atoms with E-state index in [4.69, 9.17) is 0 Å². The third-order valence-corrected chi connectivity index (χ3v) is 2.45. The summed E-state index contributed by atoms with van der Waals surface area (Å²) in [6.45, 7) is 12.9. The maximum Gasteiger partial charge on any atom is 0.00725 e. The van der Waals surface area contributed by atoms with Crippen molar-refractivity contribution in [2.45, 2.75) is 27.7 Å². The van der Waals surface area contributed by atoms with Gasteiger partial charge >= 0.3 is 0 Å². The summed E-state index contributed by atoms with van der Waals surface area (Å²) in [4.78, 5) is 2.59. The second-order valence-electron chi connectivity index (χ2n) is 4.54. The van der Waals surface area contributed by atoms with Gasteiger partial charge in [0.05, 0.1) is 0 Å². The number of thioether (sulfide) groups is 1. The Bertz CT molecular complexity index is 103. The summed E-state index contributed by atoms with van der Waals surface area (Å²) in [7, 11) is 0. The van der Waals surface area contributed by atoms with Crippen LogP contribution in [0.15, 0.2) is 0 Å². The molecule has 0 radical (unpaired) electrons. The number of nitrogens with zero attached hydrogens (tertiary/aromatic N) is 1. The van der Waals surface area contributed by atoms with Crippen molar-refractivity contribution in [1.82, 2.24) is 4.90 Å². The molecule has 0 atom stereocenters. The van der Waals surface area contributed by atoms with Crippen molar-refractivity contribution in [3.8, 4) is 0 Å². The molecule has 0 aromatic rings. The van der Waals surface area contributed by atoms with Gasteiger partial charge in [-0.2, -0.15) is 11.8 Å². The van der Waals surface area contributed by atoms with E-state index >= 15 is 0 Å². The minimum Gasteiger partial charge on any atom is -0.302 e. The van der Waals surface area contributed by atoms with Crippen LogP contribution in [-0.4, -0.2) is 36.5 Å². The molecule has 80 valence electrons. The molecule has 0 rings (SSSR count). The highest BCUT2D eigenvalue weighted by Crippen LogP contribution is 2.05. The smallest absolute Gasteiger partial charge is 0.00725 e. The van der Waals surface area contributed by atoms with Gasteiger partial charge in [0.25, 0.3) is 0 Å². The van der Waals surface area contributed by atoms with Gasteiger partial charge in [-0.1, -0.05) is 27.7 Å². The summed E-state index contributed by atoms with van der Waals surface area (Å²) in [5, 5.41) is 0. The SMILES string of the molecule is CSCCN(CC(C)C)CC(C)C. The highest BCUT2D eigenvalue weighted by atomic mass is 32.2. The molecular weight excluding hydrogens is 178 g/mol. The van der Waals surface area contributed by atoms with Crippen molar-refractivity contribution in [1.29, 1.82) is 0 Å². The van der Waals surface area contributed by atoms with Crippen LogP contribution in [0.4, 0.5) is 0 Å². The van der Waals surface area contributed by atoms with Gasteiger partial charge in [0, 0.05) is 25.4 Å². The van der Waals surface area contributed by atoms with Crippen LogP contribution in [0.2, 0.25) is 0 Å². The van der Waals surface area contributed by atoms with Crippen LogP contribution in [0.5, 0.6) is 0 Å². The largest absolute Gasteiger partial charge is 0.302 e. The maximum absolute atomic E-state index is 2.59. The van der Waals surface area contributed by atoms with Crippen molar-refractivity contribution in [2.24, 2.45) is 11.8 Å². The molecule has 0 unspecified atom stereocenters. The highest BCUT2D eigenvalue weighted by Gasteiger charge is 2.08. The Labute approximate surface area is 88.3 Å². The average molecular weight is 203 g/mol. The van der Waals surface area contributed by atoms with Crippen LogP contribution in [0.25, 0.3) is 0 Å². The molecule has 0 heterocycles. The summed E-state index contributed by atoms with van der Waals surface area (Å²) in [5.74, 6) is 2.85. The lowest BCUT2D eigenvalue weighted by Gasteiger charge is -2.25. The zero-order chi connectivity index (χ0) is 10.3. The predicted molar refractivity (Wildman–Crippen MR) is 64.5 cm³/mol. The van der Waals surface area contributed by atoms with E-state index in [1.54, 1.807) is 0 Å². The minimum atomic E-state index is 0.792. The summed E-state index contributed by atoms with van der Waals surface area (Å²) < 4.78 is 0. The third-order valence-electron chi connectivity index (χ3n) is 1.86. The number of hydrogen-bond donors (Lipinski definition) is 0. The standard InChI is InChI=1S/C11H25NS/c1-10(2)8-12(6-7-13-5)9-11(3)4/h10-11H,6-9H2,1-5H3. The van der Waals surface area contributed by atoms with Gasteiger partial charge in [-0.15, -0.1) is 0 Å². The molecule has 0 aliphatic heterocycles. The molecule has 0 aliphatic carbocycles. The molecule has 13 heavy (non-hydrogen) atoms. The fraction of sp³-hybridized carbons (Fsp3) is 1.00. The molecule has 0 N–H and O–H groups in total. The van der Waals surface area contributed by atoms with Crippen molar-refractivity contribution in [2.75, 3.05) is 31.6 Å². The van der Waals surface area contributed by atoms with Crippen LogP contribution < -0.4 is 0 Å². The highest BCUT2D eigenvalue weighted by molar-refractivity contribution is 7.98. The van der Waals surface area contributed by atoms with E-state index in [0.29, 0.717) is 0 Å². The van der Waals surface area contributed by atoms with Crippen LogP contribution in [0.1, 0.15) is 27.7 Å². The Morgan fingerprint density at radius 2 is 1.46 bits per heavy atom. The quantitative estimate of drug-likeness (QED) is 0.626. The Morgan fingerprint density at radius 1 is 1.00 bits per heavy atom. The first-order valence-corrected chi connectivity index (χ1v) is 6.67. The van der Waals surface area contributed by atoms with Gasteiger partial charge in [0.1, 0.15) is 0 Å². The normalized spacial score (nSPS) is 12.0. The van der Waals surface area contributed by atoms with Crippen molar-refractivity contribution in [3.63, 3.8) is 0 Å². The second-order valence-corrected chi connectivity index (χ2v) is 5.53. The Morgan fingerprint density at radius 3 is 1.77 bits per heavy atom. The van der Waals surface area contributed by atoms with E-state index in [1.807, 2.05) is 11.8 Å².